The van der Waals surface area contributed by atoms with E-state index in [1.165, 1.54) is 16.9 Å². The number of aromatic nitrogens is 1. The Balaban J connectivity index is 1.82. The number of benzene rings is 2. The van der Waals surface area contributed by atoms with Crippen LogP contribution in [0.25, 0.3) is 11.3 Å². The van der Waals surface area contributed by atoms with Gasteiger partial charge in [-0.25, -0.2) is 4.98 Å². The van der Waals surface area contributed by atoms with Crippen molar-refractivity contribution < 1.29 is 9.53 Å². The van der Waals surface area contributed by atoms with Gasteiger partial charge in [0, 0.05) is 15.5 Å². The third kappa shape index (κ3) is 4.23. The number of carbonyl (C=O) groups is 1. The maximum Gasteiger partial charge on any atom is 0.229 e. The molecule has 0 aliphatic rings. The van der Waals surface area contributed by atoms with E-state index >= 15 is 0 Å². The van der Waals surface area contributed by atoms with Gasteiger partial charge >= 0.3 is 0 Å². The molecule has 6 heteroatoms. The number of amides is 1. The second-order valence-corrected chi connectivity index (χ2v) is 7.66. The Morgan fingerprint density at radius 1 is 1.19 bits per heavy atom. The molecule has 1 amide bonds. The summed E-state index contributed by atoms with van der Waals surface area (Å²) in [5.41, 5.74) is 3.62. The zero-order chi connectivity index (χ0) is 18.7. The Labute approximate surface area is 161 Å². The normalized spacial score (nSPS) is 10.6. The van der Waals surface area contributed by atoms with Crippen molar-refractivity contribution in [1.29, 1.82) is 0 Å². The number of nitrogens with one attached hydrogen (secondary N) is 1. The van der Waals surface area contributed by atoms with Gasteiger partial charge in [-0.05, 0) is 32.0 Å². The van der Waals surface area contributed by atoms with Gasteiger partial charge in [-0.15, -0.1) is 11.3 Å². The largest absolute Gasteiger partial charge is 0.495 e. The molecular weight excluding hydrogens is 368 g/mol. The number of thiazole rings is 1. The zero-order valence-corrected chi connectivity index (χ0v) is 16.4. The summed E-state index contributed by atoms with van der Waals surface area (Å²) in [4.78, 5) is 18.1. The average molecular weight is 387 g/mol. The fraction of sp³-hybridized carbons (Fsp3) is 0.200. The molecule has 0 fully saturated rings. The van der Waals surface area contributed by atoms with Crippen molar-refractivity contribution in [2.45, 2.75) is 20.3 Å². The smallest absolute Gasteiger partial charge is 0.229 e. The number of aryl methyl sites for hydroxylation is 2. The minimum atomic E-state index is -0.137. The van der Waals surface area contributed by atoms with E-state index in [1.54, 1.807) is 25.3 Å². The van der Waals surface area contributed by atoms with Crippen LogP contribution in [0.3, 0.4) is 0 Å². The van der Waals surface area contributed by atoms with E-state index in [4.69, 9.17) is 16.3 Å². The second-order valence-electron chi connectivity index (χ2n) is 5.94. The molecule has 3 aromatic rings. The summed E-state index contributed by atoms with van der Waals surface area (Å²) in [5.74, 6) is 0.435. The monoisotopic (exact) mass is 386 g/mol. The van der Waals surface area contributed by atoms with Crippen LogP contribution in [0.1, 0.15) is 15.4 Å². The molecule has 134 valence electrons. The van der Waals surface area contributed by atoms with Crippen molar-refractivity contribution in [1.82, 2.24) is 4.98 Å². The van der Waals surface area contributed by atoms with Crippen LogP contribution < -0.4 is 10.1 Å². The van der Waals surface area contributed by atoms with Gasteiger partial charge in [0.2, 0.25) is 5.91 Å². The minimum absolute atomic E-state index is 0.137. The third-order valence-electron chi connectivity index (χ3n) is 3.89. The molecule has 0 saturated carbocycles. The Kier molecular flexibility index (Phi) is 5.59. The molecule has 4 nitrogen and oxygen atoms in total. The molecule has 0 aliphatic heterocycles. The zero-order valence-electron chi connectivity index (χ0n) is 14.8. The minimum Gasteiger partial charge on any atom is -0.495 e. The molecular formula is C20H19ClN2O2S. The molecule has 0 bridgehead atoms. The van der Waals surface area contributed by atoms with E-state index in [-0.39, 0.29) is 12.3 Å². The van der Waals surface area contributed by atoms with E-state index in [0.29, 0.717) is 16.5 Å². The van der Waals surface area contributed by atoms with Crippen LogP contribution >= 0.6 is 22.9 Å². The number of nitrogens with zero attached hydrogens (tertiary/aromatic N) is 1. The summed E-state index contributed by atoms with van der Waals surface area (Å²) in [6.45, 7) is 3.99. The number of hydrogen-bond donors (Lipinski definition) is 1. The standard InChI is InChI=1S/C20H19ClN2O2S/c1-12-4-6-14(7-5-12)20-18(26-13(2)22-20)11-19(24)23-16-10-15(21)8-9-17(16)25-3/h4-10H,11H2,1-3H3,(H,23,24). The number of hydrogen-bond acceptors (Lipinski definition) is 4. The first kappa shape index (κ1) is 18.4. The summed E-state index contributed by atoms with van der Waals surface area (Å²) in [6, 6.07) is 13.3. The van der Waals surface area contributed by atoms with Gasteiger partial charge in [0.05, 0.1) is 29.9 Å². The second kappa shape index (κ2) is 7.89. The number of ether oxygens (including phenoxy) is 1. The summed E-state index contributed by atoms with van der Waals surface area (Å²) < 4.78 is 5.28. The summed E-state index contributed by atoms with van der Waals surface area (Å²) >= 11 is 7.56. The number of anilines is 1. The third-order valence-corrected chi connectivity index (χ3v) is 5.09. The highest BCUT2D eigenvalue weighted by molar-refractivity contribution is 7.12. The lowest BCUT2D eigenvalue weighted by Gasteiger charge is -2.10. The van der Waals surface area contributed by atoms with Crippen LogP contribution in [-0.2, 0) is 11.2 Å². The maximum atomic E-state index is 12.6. The van der Waals surface area contributed by atoms with Gasteiger partial charge in [-0.2, -0.15) is 0 Å². The fourth-order valence-electron chi connectivity index (χ4n) is 2.64. The van der Waals surface area contributed by atoms with Crippen LogP contribution in [0.2, 0.25) is 5.02 Å². The highest BCUT2D eigenvalue weighted by Gasteiger charge is 2.16. The molecule has 2 aromatic carbocycles. The predicted molar refractivity (Wildman–Crippen MR) is 107 cm³/mol. The van der Waals surface area contributed by atoms with Gasteiger partial charge < -0.3 is 10.1 Å². The number of rotatable bonds is 5. The number of halogens is 1. The van der Waals surface area contributed by atoms with Crippen molar-refractivity contribution in [3.63, 3.8) is 0 Å². The molecule has 0 saturated heterocycles. The molecule has 1 N–H and O–H groups in total. The van der Waals surface area contributed by atoms with Crippen LogP contribution in [0, 0.1) is 13.8 Å². The Morgan fingerprint density at radius 2 is 1.92 bits per heavy atom. The molecule has 1 heterocycles. The van der Waals surface area contributed by atoms with Crippen LogP contribution in [0.4, 0.5) is 5.69 Å². The van der Waals surface area contributed by atoms with E-state index in [1.807, 2.05) is 38.1 Å². The van der Waals surface area contributed by atoms with E-state index < -0.39 is 0 Å². The number of carbonyl (C=O) groups excluding carboxylic acids is 1. The van der Waals surface area contributed by atoms with Gasteiger partial charge in [-0.3, -0.25) is 4.79 Å². The Bertz CT molecular complexity index is 935. The van der Waals surface area contributed by atoms with Crippen molar-refractivity contribution in [3.05, 3.63) is 62.9 Å². The molecule has 0 radical (unpaired) electrons. The molecule has 0 unspecified atom stereocenters. The molecule has 0 spiro atoms. The number of methoxy groups -OCH3 is 1. The molecule has 0 aliphatic carbocycles. The van der Waals surface area contributed by atoms with Crippen molar-refractivity contribution in [2.24, 2.45) is 0 Å². The molecule has 0 atom stereocenters. The van der Waals surface area contributed by atoms with E-state index in [0.717, 1.165) is 21.1 Å². The van der Waals surface area contributed by atoms with Gasteiger partial charge in [0.25, 0.3) is 0 Å². The lowest BCUT2D eigenvalue weighted by Crippen LogP contribution is -2.14. The lowest BCUT2D eigenvalue weighted by atomic mass is 10.1. The maximum absolute atomic E-state index is 12.6. The van der Waals surface area contributed by atoms with Gasteiger partial charge in [-0.1, -0.05) is 41.4 Å². The van der Waals surface area contributed by atoms with E-state index in [2.05, 4.69) is 10.3 Å². The van der Waals surface area contributed by atoms with E-state index in [9.17, 15) is 4.79 Å². The van der Waals surface area contributed by atoms with Crippen LogP contribution in [-0.4, -0.2) is 18.0 Å². The van der Waals surface area contributed by atoms with Crippen molar-refractivity contribution in [2.75, 3.05) is 12.4 Å². The SMILES string of the molecule is COc1ccc(Cl)cc1NC(=O)Cc1sc(C)nc1-c1ccc(C)cc1. The Hall–Kier alpha value is -2.37. The highest BCUT2D eigenvalue weighted by Crippen LogP contribution is 2.31. The highest BCUT2D eigenvalue weighted by atomic mass is 35.5. The average Bonchev–Trinajstić information content (AvgIpc) is 2.96. The summed E-state index contributed by atoms with van der Waals surface area (Å²) in [5, 5.41) is 4.35. The first-order valence-corrected chi connectivity index (χ1v) is 9.32. The molecule has 3 rings (SSSR count). The van der Waals surface area contributed by atoms with Crippen molar-refractivity contribution in [3.8, 4) is 17.0 Å². The summed E-state index contributed by atoms with van der Waals surface area (Å²) in [7, 11) is 1.56. The molecule has 26 heavy (non-hydrogen) atoms. The first-order valence-electron chi connectivity index (χ1n) is 8.13. The lowest BCUT2D eigenvalue weighted by molar-refractivity contribution is -0.115. The van der Waals surface area contributed by atoms with Gasteiger partial charge in [0.15, 0.2) is 0 Å². The molecule has 1 aromatic heterocycles. The quantitative estimate of drug-likeness (QED) is 0.649. The predicted octanol–water partition coefficient (Wildman–Crippen LogP) is 5.27. The topological polar surface area (TPSA) is 51.2 Å². The van der Waals surface area contributed by atoms with Crippen molar-refractivity contribution >= 4 is 34.5 Å². The van der Waals surface area contributed by atoms with Gasteiger partial charge in [0.1, 0.15) is 5.75 Å². The van der Waals surface area contributed by atoms with Crippen LogP contribution in [0.15, 0.2) is 42.5 Å². The fourth-order valence-corrected chi connectivity index (χ4v) is 3.77. The summed E-state index contributed by atoms with van der Waals surface area (Å²) in [6.07, 6.45) is 0.240. The first-order chi connectivity index (χ1) is 12.5. The van der Waals surface area contributed by atoms with Crippen LogP contribution in [0.5, 0.6) is 5.75 Å². The Morgan fingerprint density at radius 3 is 2.62 bits per heavy atom.